The highest BCUT2D eigenvalue weighted by atomic mass is 19.1. The Labute approximate surface area is 193 Å². The van der Waals surface area contributed by atoms with Gasteiger partial charge in [0.15, 0.2) is 0 Å². The fraction of sp³-hybridized carbons (Fsp3) is 0.481. The van der Waals surface area contributed by atoms with Crippen LogP contribution in [0, 0.1) is 18.7 Å². The molecule has 0 spiro atoms. The largest absolute Gasteiger partial charge is 0.493 e. The fourth-order valence-electron chi connectivity index (χ4n) is 4.04. The summed E-state index contributed by atoms with van der Waals surface area (Å²) in [7, 11) is 2.17. The number of hydrogen-bond donors (Lipinski definition) is 1. The molecule has 1 fully saturated rings. The van der Waals surface area contributed by atoms with Crippen molar-refractivity contribution in [1.29, 1.82) is 0 Å². The zero-order valence-electron chi connectivity index (χ0n) is 20.0. The maximum absolute atomic E-state index is 13.6. The Bertz CT molecular complexity index is 873. The molecule has 0 bridgehead atoms. The number of aryl methyl sites for hydroxylation is 1. The van der Waals surface area contributed by atoms with Gasteiger partial charge in [0.25, 0.3) is 0 Å². The average molecular weight is 440 g/mol. The first-order valence-electron chi connectivity index (χ1n) is 11.7. The number of benzene rings is 2. The Morgan fingerprint density at radius 3 is 2.50 bits per heavy atom. The summed E-state index contributed by atoms with van der Waals surface area (Å²) < 4.78 is 19.4. The topological polar surface area (TPSA) is 27.7 Å². The van der Waals surface area contributed by atoms with E-state index in [4.69, 9.17) is 4.74 Å². The minimum Gasteiger partial charge on any atom is -0.493 e. The highest BCUT2D eigenvalue weighted by molar-refractivity contribution is 5.28. The summed E-state index contributed by atoms with van der Waals surface area (Å²) in [5, 5.41) is 3.53. The van der Waals surface area contributed by atoms with E-state index in [2.05, 4.69) is 54.7 Å². The van der Waals surface area contributed by atoms with Gasteiger partial charge in [0, 0.05) is 19.1 Å². The second-order valence-corrected chi connectivity index (χ2v) is 9.38. The number of piperidine rings is 1. The van der Waals surface area contributed by atoms with E-state index >= 15 is 0 Å². The Hall–Kier alpha value is -2.53. The van der Waals surface area contributed by atoms with Crippen LogP contribution in [0.4, 0.5) is 4.39 Å². The third kappa shape index (κ3) is 6.99. The van der Waals surface area contributed by atoms with Crippen molar-refractivity contribution in [3.8, 4) is 5.75 Å². The monoisotopic (exact) mass is 439 g/mol. The highest BCUT2D eigenvalue weighted by Crippen LogP contribution is 2.23. The van der Waals surface area contributed by atoms with Crippen molar-refractivity contribution in [3.05, 3.63) is 77.4 Å². The molecule has 0 unspecified atom stereocenters. The minimum atomic E-state index is -0.185. The van der Waals surface area contributed by atoms with Crippen LogP contribution in [0.25, 0.3) is 0 Å². The Morgan fingerprint density at radius 1 is 1.19 bits per heavy atom. The predicted molar refractivity (Wildman–Crippen MR) is 130 cm³/mol. The Morgan fingerprint density at radius 2 is 1.88 bits per heavy atom. The van der Waals surface area contributed by atoms with Gasteiger partial charge in [0.2, 0.25) is 0 Å². The lowest BCUT2D eigenvalue weighted by atomic mass is 10.0. The van der Waals surface area contributed by atoms with Gasteiger partial charge in [-0.25, -0.2) is 4.39 Å². The summed E-state index contributed by atoms with van der Waals surface area (Å²) in [6.07, 6.45) is 2.19. The molecule has 1 aliphatic heterocycles. The molecule has 2 aromatic rings. The van der Waals surface area contributed by atoms with E-state index in [0.29, 0.717) is 18.5 Å². The van der Waals surface area contributed by atoms with E-state index in [-0.39, 0.29) is 5.82 Å². The van der Waals surface area contributed by atoms with Gasteiger partial charge in [-0.1, -0.05) is 38.6 Å². The summed E-state index contributed by atoms with van der Waals surface area (Å²) >= 11 is 0. The Balaban J connectivity index is 1.65. The smallest absolute Gasteiger partial charge is 0.123 e. The number of ether oxygens (including phenoxy) is 1. The van der Waals surface area contributed by atoms with Crippen LogP contribution >= 0.6 is 0 Å². The Kier molecular flexibility index (Phi) is 8.57. The fourth-order valence-corrected chi connectivity index (χ4v) is 4.04. The second kappa shape index (κ2) is 11.4. The summed E-state index contributed by atoms with van der Waals surface area (Å²) in [6.45, 7) is 15.0. The van der Waals surface area contributed by atoms with Crippen LogP contribution in [-0.4, -0.2) is 42.6 Å². The van der Waals surface area contributed by atoms with Gasteiger partial charge < -0.3 is 19.9 Å². The van der Waals surface area contributed by atoms with Crippen LogP contribution in [0.3, 0.4) is 0 Å². The molecule has 0 saturated carbocycles. The predicted octanol–water partition coefficient (Wildman–Crippen LogP) is 5.33. The number of nitrogens with one attached hydrogen (secondary N) is 1. The molecule has 3 rings (SSSR count). The molecule has 0 radical (unpaired) electrons. The lowest BCUT2D eigenvalue weighted by Gasteiger charge is -2.40. The van der Waals surface area contributed by atoms with E-state index in [1.807, 2.05) is 25.1 Å². The molecule has 1 heterocycles. The maximum atomic E-state index is 13.6. The highest BCUT2D eigenvalue weighted by Gasteiger charge is 2.24. The van der Waals surface area contributed by atoms with E-state index in [0.717, 1.165) is 61.8 Å². The van der Waals surface area contributed by atoms with E-state index in [1.165, 1.54) is 5.56 Å². The molecule has 1 N–H and O–H groups in total. The number of nitrogens with zero attached hydrogens (tertiary/aromatic N) is 2. The first-order valence-corrected chi connectivity index (χ1v) is 11.7. The summed E-state index contributed by atoms with van der Waals surface area (Å²) in [6, 6.07) is 13.7. The third-order valence-electron chi connectivity index (χ3n) is 6.12. The van der Waals surface area contributed by atoms with Crippen LogP contribution in [0.2, 0.25) is 0 Å². The molecular weight excluding hydrogens is 401 g/mol. The number of halogens is 1. The van der Waals surface area contributed by atoms with Crippen LogP contribution in [0.15, 0.2) is 54.9 Å². The molecule has 174 valence electrons. The molecular formula is C27H38FN3O. The lowest BCUT2D eigenvalue weighted by molar-refractivity contribution is 0.137. The van der Waals surface area contributed by atoms with Crippen molar-refractivity contribution in [2.75, 3.05) is 26.7 Å². The zero-order valence-corrected chi connectivity index (χ0v) is 20.0. The van der Waals surface area contributed by atoms with Gasteiger partial charge in [-0.15, -0.1) is 0 Å². The van der Waals surface area contributed by atoms with Gasteiger partial charge in [0.1, 0.15) is 11.6 Å². The molecule has 0 atom stereocenters. The number of rotatable bonds is 10. The first-order chi connectivity index (χ1) is 15.3. The summed E-state index contributed by atoms with van der Waals surface area (Å²) in [4.78, 5) is 4.74. The molecule has 4 nitrogen and oxygen atoms in total. The number of likely N-dealkylation sites (tertiary alicyclic amines) is 1. The van der Waals surface area contributed by atoms with Crippen molar-refractivity contribution in [1.82, 2.24) is 15.1 Å². The standard InChI is InChI=1S/C27H38FN3O/c1-20(2)19-32-27-10-6-23(7-11-27)17-29-22(4)31(26-12-14-30(5)15-13-26)18-24-8-9-25(28)16-21(24)3/h6-11,16,20,26,29H,4,12-15,17-19H2,1-3,5H3. The quantitative estimate of drug-likeness (QED) is 0.542. The van der Waals surface area contributed by atoms with Crippen molar-refractivity contribution in [2.24, 2.45) is 5.92 Å². The maximum Gasteiger partial charge on any atom is 0.123 e. The minimum absolute atomic E-state index is 0.185. The molecule has 32 heavy (non-hydrogen) atoms. The van der Waals surface area contributed by atoms with E-state index in [1.54, 1.807) is 12.1 Å². The lowest BCUT2D eigenvalue weighted by Crippen LogP contribution is -2.45. The molecule has 0 aliphatic carbocycles. The van der Waals surface area contributed by atoms with Crippen molar-refractivity contribution in [2.45, 2.75) is 52.7 Å². The molecule has 1 aliphatic rings. The van der Waals surface area contributed by atoms with E-state index < -0.39 is 0 Å². The molecule has 5 heteroatoms. The number of hydrogen-bond acceptors (Lipinski definition) is 4. The van der Waals surface area contributed by atoms with Crippen LogP contribution < -0.4 is 10.1 Å². The van der Waals surface area contributed by atoms with Gasteiger partial charge in [-0.3, -0.25) is 0 Å². The van der Waals surface area contributed by atoms with Gasteiger partial charge in [-0.2, -0.15) is 0 Å². The van der Waals surface area contributed by atoms with E-state index in [9.17, 15) is 4.39 Å². The SMILES string of the molecule is C=C(NCc1ccc(OCC(C)C)cc1)N(Cc1ccc(F)cc1C)C1CCN(C)CC1. The average Bonchev–Trinajstić information content (AvgIpc) is 2.77. The van der Waals surface area contributed by atoms with Crippen LogP contribution in [0.1, 0.15) is 43.4 Å². The van der Waals surface area contributed by atoms with Crippen LogP contribution in [0.5, 0.6) is 5.75 Å². The summed E-state index contributed by atoms with van der Waals surface area (Å²) in [5.41, 5.74) is 3.30. The summed E-state index contributed by atoms with van der Waals surface area (Å²) in [5.74, 6) is 2.15. The third-order valence-corrected chi connectivity index (χ3v) is 6.12. The van der Waals surface area contributed by atoms with Crippen molar-refractivity contribution in [3.63, 3.8) is 0 Å². The second-order valence-electron chi connectivity index (χ2n) is 9.38. The zero-order chi connectivity index (χ0) is 23.1. The molecule has 0 amide bonds. The normalized spacial score (nSPS) is 15.1. The first kappa shape index (κ1) is 24.1. The van der Waals surface area contributed by atoms with Crippen LogP contribution in [-0.2, 0) is 13.1 Å². The van der Waals surface area contributed by atoms with Gasteiger partial charge in [0.05, 0.1) is 12.4 Å². The molecule has 0 aromatic heterocycles. The molecule has 2 aromatic carbocycles. The van der Waals surface area contributed by atoms with Gasteiger partial charge >= 0.3 is 0 Å². The van der Waals surface area contributed by atoms with Gasteiger partial charge in [-0.05, 0) is 86.8 Å². The van der Waals surface area contributed by atoms with Crippen molar-refractivity contribution >= 4 is 0 Å². The molecule has 1 saturated heterocycles. The van der Waals surface area contributed by atoms with Crippen molar-refractivity contribution < 1.29 is 9.13 Å².